The third-order valence-electron chi connectivity index (χ3n) is 4.02. The van der Waals surface area contributed by atoms with Crippen LogP contribution in [0.3, 0.4) is 0 Å². The molecule has 1 N–H and O–H groups in total. The van der Waals surface area contributed by atoms with E-state index in [1.54, 1.807) is 23.2 Å². The Morgan fingerprint density at radius 1 is 1.25 bits per heavy atom. The number of aromatic nitrogens is 3. The predicted octanol–water partition coefficient (Wildman–Crippen LogP) is 2.15. The van der Waals surface area contributed by atoms with Gasteiger partial charge >= 0.3 is 11.8 Å². The molecule has 1 saturated heterocycles. The van der Waals surface area contributed by atoms with Crippen LogP contribution in [0.2, 0.25) is 0 Å². The summed E-state index contributed by atoms with van der Waals surface area (Å²) in [4.78, 5) is 30.0. The second-order valence-electron chi connectivity index (χ2n) is 5.84. The van der Waals surface area contributed by atoms with Crippen molar-refractivity contribution in [1.29, 1.82) is 0 Å². The number of aryl methyl sites for hydroxylation is 1. The van der Waals surface area contributed by atoms with Crippen LogP contribution in [-0.4, -0.2) is 44.6 Å². The summed E-state index contributed by atoms with van der Waals surface area (Å²) < 4.78 is 2.76. The van der Waals surface area contributed by atoms with E-state index in [2.05, 4.69) is 31.3 Å². The molecule has 0 bridgehead atoms. The lowest BCUT2D eigenvalue weighted by Crippen LogP contribution is -2.44. The fraction of sp³-hybridized carbons (Fsp3) is 0.375. The molecule has 3 heterocycles. The Morgan fingerprint density at radius 3 is 2.58 bits per heavy atom. The smallest absolute Gasteiger partial charge is 0.315 e. The van der Waals surface area contributed by atoms with Gasteiger partial charge in [-0.3, -0.25) is 14.3 Å². The Balaban J connectivity index is 1.54. The van der Waals surface area contributed by atoms with Crippen LogP contribution in [0.25, 0.3) is 0 Å². The van der Waals surface area contributed by atoms with Crippen LogP contribution < -0.4 is 5.32 Å². The molecule has 2 aromatic heterocycles. The van der Waals surface area contributed by atoms with E-state index in [9.17, 15) is 9.59 Å². The molecule has 1 aliphatic rings. The molecule has 0 radical (unpaired) electrons. The molecule has 2 aromatic rings. The molecule has 8 heteroatoms. The lowest BCUT2D eigenvalue weighted by molar-refractivity contribution is -0.144. The number of amides is 2. The quantitative estimate of drug-likeness (QED) is 0.795. The molecule has 0 aromatic carbocycles. The minimum absolute atomic E-state index is 0.277. The zero-order valence-electron chi connectivity index (χ0n) is 13.3. The van der Waals surface area contributed by atoms with E-state index < -0.39 is 11.8 Å². The van der Waals surface area contributed by atoms with Gasteiger partial charge in [0.05, 0.1) is 12.2 Å². The van der Waals surface area contributed by atoms with Gasteiger partial charge < -0.3 is 10.2 Å². The Morgan fingerprint density at radius 2 is 2.00 bits per heavy atom. The highest BCUT2D eigenvalue weighted by atomic mass is 79.9. The van der Waals surface area contributed by atoms with Crippen LogP contribution in [0.5, 0.6) is 0 Å². The summed E-state index contributed by atoms with van der Waals surface area (Å²) in [6, 6.07) is 3.67. The average Bonchev–Trinajstić information content (AvgIpc) is 3.03. The fourth-order valence-electron chi connectivity index (χ4n) is 2.73. The number of pyridine rings is 1. The number of carbonyl (C=O) groups excluding carboxylic acids is 2. The molecular formula is C16H18BrN5O2. The number of halogens is 1. The van der Waals surface area contributed by atoms with E-state index in [1.807, 2.05) is 24.0 Å². The monoisotopic (exact) mass is 391 g/mol. The molecule has 1 aliphatic heterocycles. The van der Waals surface area contributed by atoms with Crippen molar-refractivity contribution in [2.45, 2.75) is 25.8 Å². The summed E-state index contributed by atoms with van der Waals surface area (Å²) in [6.07, 6.45) is 6.98. The predicted molar refractivity (Wildman–Crippen MR) is 92.4 cm³/mol. The summed E-state index contributed by atoms with van der Waals surface area (Å²) in [7, 11) is 0. The van der Waals surface area contributed by atoms with Crippen molar-refractivity contribution in [3.8, 4) is 0 Å². The maximum absolute atomic E-state index is 12.3. The number of anilines is 1. The normalized spacial score (nSPS) is 15.3. The molecule has 0 spiro atoms. The molecule has 2 amide bonds. The highest BCUT2D eigenvalue weighted by Gasteiger charge is 2.28. The molecule has 24 heavy (non-hydrogen) atoms. The summed E-state index contributed by atoms with van der Waals surface area (Å²) in [5, 5.41) is 6.86. The number of hydrogen-bond acceptors (Lipinski definition) is 4. The number of rotatable bonds is 2. The first-order chi connectivity index (χ1) is 11.5. The van der Waals surface area contributed by atoms with Crippen molar-refractivity contribution in [3.05, 3.63) is 40.8 Å². The maximum atomic E-state index is 12.3. The summed E-state index contributed by atoms with van der Waals surface area (Å²) in [5.41, 5.74) is 1.12. The number of nitrogens with zero attached hydrogens (tertiary/aromatic N) is 4. The van der Waals surface area contributed by atoms with Crippen LogP contribution in [0.15, 0.2) is 35.2 Å². The van der Waals surface area contributed by atoms with Gasteiger partial charge in [0.2, 0.25) is 0 Å². The zero-order valence-corrected chi connectivity index (χ0v) is 14.9. The maximum Gasteiger partial charge on any atom is 0.315 e. The van der Waals surface area contributed by atoms with Crippen LogP contribution >= 0.6 is 15.9 Å². The van der Waals surface area contributed by atoms with Crippen molar-refractivity contribution < 1.29 is 9.59 Å². The van der Waals surface area contributed by atoms with E-state index in [0.717, 1.165) is 22.9 Å². The van der Waals surface area contributed by atoms with Gasteiger partial charge in [-0.25, -0.2) is 4.98 Å². The summed E-state index contributed by atoms with van der Waals surface area (Å²) in [6.45, 7) is 3.09. The molecule has 7 nitrogen and oxygen atoms in total. The molecular weight excluding hydrogens is 374 g/mol. The molecule has 0 atom stereocenters. The third-order valence-corrected chi connectivity index (χ3v) is 4.49. The number of piperidine rings is 1. The number of likely N-dealkylation sites (tertiary alicyclic amines) is 1. The minimum Gasteiger partial charge on any atom is -0.334 e. The first-order valence-corrected chi connectivity index (χ1v) is 8.55. The highest BCUT2D eigenvalue weighted by molar-refractivity contribution is 9.10. The molecule has 0 aliphatic carbocycles. The highest BCUT2D eigenvalue weighted by Crippen LogP contribution is 2.22. The standard InChI is InChI=1S/C16H18BrN5O2/c1-11-8-19-22(10-11)13-4-6-21(7-5-13)16(24)15(23)20-14-3-2-12(17)9-18-14/h2-3,8-10,13H,4-7H2,1H3,(H,18,20,23). The first-order valence-electron chi connectivity index (χ1n) is 7.75. The van der Waals surface area contributed by atoms with E-state index in [4.69, 9.17) is 0 Å². The van der Waals surface area contributed by atoms with Gasteiger partial charge in [-0.1, -0.05) is 0 Å². The van der Waals surface area contributed by atoms with Crippen LogP contribution in [0.4, 0.5) is 5.82 Å². The van der Waals surface area contributed by atoms with Crippen LogP contribution in [-0.2, 0) is 9.59 Å². The lowest BCUT2D eigenvalue weighted by atomic mass is 10.1. The lowest BCUT2D eigenvalue weighted by Gasteiger charge is -2.31. The third kappa shape index (κ3) is 3.81. The molecule has 3 rings (SSSR count). The van der Waals surface area contributed by atoms with E-state index >= 15 is 0 Å². The summed E-state index contributed by atoms with van der Waals surface area (Å²) in [5.74, 6) is -0.813. The Bertz CT molecular complexity index is 735. The van der Waals surface area contributed by atoms with Crippen molar-refractivity contribution in [1.82, 2.24) is 19.7 Å². The van der Waals surface area contributed by atoms with Crippen LogP contribution in [0, 0.1) is 6.92 Å². The Kier molecular flexibility index (Phi) is 4.94. The van der Waals surface area contributed by atoms with Gasteiger partial charge in [0.15, 0.2) is 0 Å². The first kappa shape index (κ1) is 16.6. The second-order valence-corrected chi connectivity index (χ2v) is 6.75. The number of nitrogens with one attached hydrogen (secondary N) is 1. The van der Waals surface area contributed by atoms with E-state index in [-0.39, 0.29) is 6.04 Å². The Hall–Kier alpha value is -2.22. The largest absolute Gasteiger partial charge is 0.334 e. The molecule has 1 fully saturated rings. The topological polar surface area (TPSA) is 80.1 Å². The van der Waals surface area contributed by atoms with Gasteiger partial charge in [0, 0.05) is 30.0 Å². The van der Waals surface area contributed by atoms with Gasteiger partial charge in [-0.05, 0) is 53.4 Å². The van der Waals surface area contributed by atoms with Gasteiger partial charge in [-0.15, -0.1) is 0 Å². The number of carbonyl (C=O) groups is 2. The van der Waals surface area contributed by atoms with Crippen molar-refractivity contribution in [2.75, 3.05) is 18.4 Å². The number of hydrogen-bond donors (Lipinski definition) is 1. The SMILES string of the molecule is Cc1cnn(C2CCN(C(=O)C(=O)Nc3ccc(Br)cn3)CC2)c1. The van der Waals surface area contributed by atoms with Crippen molar-refractivity contribution in [3.63, 3.8) is 0 Å². The molecule has 0 saturated carbocycles. The molecule has 0 unspecified atom stereocenters. The van der Waals surface area contributed by atoms with Gasteiger partial charge in [-0.2, -0.15) is 5.10 Å². The van der Waals surface area contributed by atoms with Crippen LogP contribution in [0.1, 0.15) is 24.4 Å². The van der Waals surface area contributed by atoms with E-state index in [1.165, 1.54) is 0 Å². The minimum atomic E-state index is -0.654. The second kappa shape index (κ2) is 7.12. The van der Waals surface area contributed by atoms with Crippen molar-refractivity contribution >= 4 is 33.6 Å². The van der Waals surface area contributed by atoms with Gasteiger partial charge in [0.25, 0.3) is 0 Å². The van der Waals surface area contributed by atoms with Crippen molar-refractivity contribution in [2.24, 2.45) is 0 Å². The van der Waals surface area contributed by atoms with E-state index in [0.29, 0.717) is 18.9 Å². The molecule has 126 valence electrons. The average molecular weight is 392 g/mol. The fourth-order valence-corrected chi connectivity index (χ4v) is 2.96. The zero-order chi connectivity index (χ0) is 17.1. The Labute approximate surface area is 148 Å². The van der Waals surface area contributed by atoms with Gasteiger partial charge in [0.1, 0.15) is 5.82 Å². The summed E-state index contributed by atoms with van der Waals surface area (Å²) >= 11 is 3.27.